The maximum Gasteiger partial charge on any atom is 0.255 e. The van der Waals surface area contributed by atoms with E-state index in [2.05, 4.69) is 45.2 Å². The van der Waals surface area contributed by atoms with Crippen LogP contribution in [0.25, 0.3) is 0 Å². The monoisotopic (exact) mass is 480 g/mol. The average Bonchev–Trinajstić information content (AvgIpc) is 3.32. The summed E-state index contributed by atoms with van der Waals surface area (Å²) in [4.78, 5) is 13.6. The van der Waals surface area contributed by atoms with Gasteiger partial charge in [0.25, 0.3) is 5.91 Å². The molecule has 0 saturated heterocycles. The smallest absolute Gasteiger partial charge is 0.255 e. The van der Waals surface area contributed by atoms with Crippen LogP contribution in [0.5, 0.6) is 5.75 Å². The highest BCUT2D eigenvalue weighted by atomic mass is 16.5. The van der Waals surface area contributed by atoms with Gasteiger partial charge < -0.3 is 15.4 Å². The number of carbonyl (C=O) groups excluding carboxylic acids is 1. The first-order valence-corrected chi connectivity index (χ1v) is 11.8. The van der Waals surface area contributed by atoms with Crippen LogP contribution in [0.4, 0.5) is 11.6 Å². The summed E-state index contributed by atoms with van der Waals surface area (Å²) in [6.07, 6.45) is 0. The van der Waals surface area contributed by atoms with Gasteiger partial charge in [0.1, 0.15) is 18.4 Å². The van der Waals surface area contributed by atoms with Gasteiger partial charge in [-0.1, -0.05) is 64.8 Å². The number of aromatic nitrogens is 4. The van der Waals surface area contributed by atoms with Gasteiger partial charge >= 0.3 is 0 Å². The molecule has 8 heteroatoms. The molecule has 3 aromatic carbocycles. The third kappa shape index (κ3) is 4.70. The second-order valence-electron chi connectivity index (χ2n) is 9.13. The number of ether oxygens (including phenoxy) is 1. The maximum absolute atomic E-state index is 13.6. The number of allylic oxidation sites excluding steroid dienone is 1. The number of carbonyl (C=O) groups is 1. The van der Waals surface area contributed by atoms with Crippen molar-refractivity contribution in [2.24, 2.45) is 0 Å². The van der Waals surface area contributed by atoms with E-state index in [9.17, 15) is 4.79 Å². The molecule has 1 aliphatic heterocycles. The molecule has 0 fully saturated rings. The van der Waals surface area contributed by atoms with E-state index in [-0.39, 0.29) is 5.91 Å². The Morgan fingerprint density at radius 3 is 2.53 bits per heavy atom. The highest BCUT2D eigenvalue weighted by Gasteiger charge is 2.34. The zero-order chi connectivity index (χ0) is 25.2. The van der Waals surface area contributed by atoms with E-state index in [0.717, 1.165) is 33.7 Å². The molecule has 5 rings (SSSR count). The van der Waals surface area contributed by atoms with Crippen LogP contribution in [0.3, 0.4) is 0 Å². The minimum atomic E-state index is -0.493. The van der Waals surface area contributed by atoms with Gasteiger partial charge in [0.15, 0.2) is 0 Å². The number of hydrogen-bond acceptors (Lipinski definition) is 6. The molecule has 2 N–H and O–H groups in total. The number of aryl methyl sites for hydroxylation is 3. The second kappa shape index (κ2) is 9.65. The molecule has 1 unspecified atom stereocenters. The number of anilines is 2. The van der Waals surface area contributed by atoms with Crippen molar-refractivity contribution in [3.05, 3.63) is 106 Å². The topological polar surface area (TPSA) is 94.0 Å². The Kier molecular flexibility index (Phi) is 6.25. The molecular weight excluding hydrogens is 452 g/mol. The molecule has 0 spiro atoms. The summed E-state index contributed by atoms with van der Waals surface area (Å²) in [6.45, 7) is 8.42. The number of hydrogen-bond donors (Lipinski definition) is 2. The molecule has 0 saturated carbocycles. The van der Waals surface area contributed by atoms with Gasteiger partial charge in [0.2, 0.25) is 5.95 Å². The van der Waals surface area contributed by atoms with Crippen molar-refractivity contribution in [2.75, 3.05) is 10.6 Å². The average molecular weight is 481 g/mol. The van der Waals surface area contributed by atoms with E-state index in [1.54, 1.807) is 4.68 Å². The first kappa shape index (κ1) is 23.3. The number of rotatable bonds is 6. The van der Waals surface area contributed by atoms with Gasteiger partial charge in [-0.05, 0) is 73.0 Å². The van der Waals surface area contributed by atoms with Crippen LogP contribution in [-0.4, -0.2) is 26.1 Å². The van der Waals surface area contributed by atoms with Gasteiger partial charge in [-0.3, -0.25) is 4.79 Å². The molecule has 0 aliphatic carbocycles. The Bertz CT molecular complexity index is 1460. The molecule has 1 amide bonds. The van der Waals surface area contributed by atoms with Crippen LogP contribution < -0.4 is 15.4 Å². The number of nitrogens with one attached hydrogen (secondary N) is 2. The van der Waals surface area contributed by atoms with E-state index in [1.165, 1.54) is 5.56 Å². The summed E-state index contributed by atoms with van der Waals surface area (Å²) in [5, 5.41) is 18.3. The van der Waals surface area contributed by atoms with Crippen molar-refractivity contribution in [1.29, 1.82) is 0 Å². The third-order valence-electron chi connectivity index (χ3n) is 6.27. The lowest BCUT2D eigenvalue weighted by atomic mass is 9.94. The van der Waals surface area contributed by atoms with Crippen molar-refractivity contribution in [3.63, 3.8) is 0 Å². The summed E-state index contributed by atoms with van der Waals surface area (Å²) in [6, 6.07) is 21.4. The summed E-state index contributed by atoms with van der Waals surface area (Å²) >= 11 is 0. The minimum absolute atomic E-state index is 0.210. The number of benzene rings is 3. The Morgan fingerprint density at radius 2 is 1.78 bits per heavy atom. The van der Waals surface area contributed by atoms with Crippen LogP contribution in [0.1, 0.15) is 40.8 Å². The molecule has 2 heterocycles. The van der Waals surface area contributed by atoms with Crippen molar-refractivity contribution < 1.29 is 9.53 Å². The van der Waals surface area contributed by atoms with Gasteiger partial charge in [-0.2, -0.15) is 4.68 Å². The molecule has 0 bridgehead atoms. The molecule has 1 atom stereocenters. The summed E-state index contributed by atoms with van der Waals surface area (Å²) in [5.41, 5.74) is 7.34. The maximum atomic E-state index is 13.6. The molecule has 8 nitrogen and oxygen atoms in total. The normalized spacial score (nSPS) is 14.7. The van der Waals surface area contributed by atoms with E-state index in [4.69, 9.17) is 4.74 Å². The highest BCUT2D eigenvalue weighted by molar-refractivity contribution is 6.06. The molecule has 0 radical (unpaired) electrons. The summed E-state index contributed by atoms with van der Waals surface area (Å²) in [7, 11) is 0. The van der Waals surface area contributed by atoms with Crippen molar-refractivity contribution in [3.8, 4) is 5.75 Å². The van der Waals surface area contributed by atoms with Crippen LogP contribution in [0, 0.1) is 20.8 Å². The predicted molar refractivity (Wildman–Crippen MR) is 139 cm³/mol. The first-order chi connectivity index (χ1) is 17.4. The molecule has 4 aromatic rings. The van der Waals surface area contributed by atoms with E-state index in [1.807, 2.05) is 75.4 Å². The lowest BCUT2D eigenvalue weighted by Crippen LogP contribution is -2.31. The van der Waals surface area contributed by atoms with Crippen LogP contribution in [-0.2, 0) is 11.4 Å². The Balaban J connectivity index is 1.42. The minimum Gasteiger partial charge on any atom is -0.489 e. The van der Waals surface area contributed by atoms with Gasteiger partial charge in [-0.25, -0.2) is 0 Å². The standard InChI is InChI=1S/C28H28N6O2/c1-17-6-5-7-21(15-17)16-36-23-11-9-22(10-12-23)26-25(20(4)29-28-31-32-33-34(26)28)27(35)30-24-13-8-18(2)14-19(24)3/h5-15,26H,16H2,1-4H3,(H,30,35)(H,29,31,33). The predicted octanol–water partition coefficient (Wildman–Crippen LogP) is 5.10. The van der Waals surface area contributed by atoms with E-state index >= 15 is 0 Å². The van der Waals surface area contributed by atoms with Crippen LogP contribution in [0.2, 0.25) is 0 Å². The molecule has 1 aliphatic rings. The fraction of sp³-hybridized carbons (Fsp3) is 0.214. The largest absolute Gasteiger partial charge is 0.489 e. The lowest BCUT2D eigenvalue weighted by molar-refractivity contribution is -0.113. The van der Waals surface area contributed by atoms with Gasteiger partial charge in [-0.15, -0.1) is 0 Å². The van der Waals surface area contributed by atoms with E-state index < -0.39 is 6.04 Å². The van der Waals surface area contributed by atoms with Crippen molar-refractivity contribution in [1.82, 2.24) is 20.2 Å². The molecule has 36 heavy (non-hydrogen) atoms. The van der Waals surface area contributed by atoms with Gasteiger partial charge in [0.05, 0.1) is 5.57 Å². The molecule has 182 valence electrons. The van der Waals surface area contributed by atoms with Crippen molar-refractivity contribution in [2.45, 2.75) is 40.3 Å². The fourth-order valence-corrected chi connectivity index (χ4v) is 4.47. The third-order valence-corrected chi connectivity index (χ3v) is 6.27. The number of tetrazole rings is 1. The van der Waals surface area contributed by atoms with Gasteiger partial charge in [0, 0.05) is 11.4 Å². The molecular formula is C28H28N6O2. The zero-order valence-corrected chi connectivity index (χ0v) is 20.7. The first-order valence-electron chi connectivity index (χ1n) is 11.8. The Labute approximate surface area is 210 Å². The second-order valence-corrected chi connectivity index (χ2v) is 9.13. The summed E-state index contributed by atoms with van der Waals surface area (Å²) < 4.78 is 7.62. The highest BCUT2D eigenvalue weighted by Crippen LogP contribution is 2.35. The fourth-order valence-electron chi connectivity index (χ4n) is 4.47. The number of nitrogens with zero attached hydrogens (tertiary/aromatic N) is 4. The molecule has 1 aromatic heterocycles. The number of amides is 1. The zero-order valence-electron chi connectivity index (χ0n) is 20.7. The SMILES string of the molecule is CC1=C(C(=O)Nc2ccc(C)cc2C)C(c2ccc(OCc3cccc(C)c3)cc2)n2nnnc2N1. The van der Waals surface area contributed by atoms with Crippen LogP contribution in [0.15, 0.2) is 78.0 Å². The number of fused-ring (bicyclic) bond motifs is 1. The van der Waals surface area contributed by atoms with Crippen LogP contribution >= 0.6 is 0 Å². The van der Waals surface area contributed by atoms with Crippen molar-refractivity contribution >= 4 is 17.5 Å². The summed E-state index contributed by atoms with van der Waals surface area (Å²) in [5.74, 6) is 1.02. The quantitative estimate of drug-likeness (QED) is 0.399. The lowest BCUT2D eigenvalue weighted by Gasteiger charge is -2.28. The Hall–Kier alpha value is -4.46. The van der Waals surface area contributed by atoms with E-state index in [0.29, 0.717) is 23.8 Å². The Morgan fingerprint density at radius 1 is 1.00 bits per heavy atom.